The summed E-state index contributed by atoms with van der Waals surface area (Å²) >= 11 is 0. The predicted octanol–water partition coefficient (Wildman–Crippen LogP) is -0.243. The molecule has 1 fully saturated rings. The van der Waals surface area contributed by atoms with Crippen molar-refractivity contribution in [2.75, 3.05) is 45.8 Å². The Morgan fingerprint density at radius 3 is 2.55 bits per heavy atom. The van der Waals surface area contributed by atoms with Crippen molar-refractivity contribution in [3.05, 3.63) is 0 Å². The molecule has 1 rings (SSSR count). The molecule has 0 spiro atoms. The maximum atomic E-state index is 12.3. The Bertz CT molecular complexity index is 342. The number of hydrogen-bond donors (Lipinski definition) is 2. The van der Waals surface area contributed by atoms with Crippen LogP contribution in [0, 0.1) is 0 Å². The summed E-state index contributed by atoms with van der Waals surface area (Å²) in [5, 5.41) is 11.7. The number of carboxylic acid groups (broad SMARTS) is 1. The van der Waals surface area contributed by atoms with E-state index in [9.17, 15) is 22.8 Å². The summed E-state index contributed by atoms with van der Waals surface area (Å²) in [7, 11) is 0. The van der Waals surface area contributed by atoms with Crippen molar-refractivity contribution < 1.29 is 27.9 Å². The summed E-state index contributed by atoms with van der Waals surface area (Å²) < 4.78 is 37.0. The van der Waals surface area contributed by atoms with E-state index in [0.29, 0.717) is 24.5 Å². The van der Waals surface area contributed by atoms with Gasteiger partial charge in [0.1, 0.15) is 13.1 Å². The zero-order chi connectivity index (χ0) is 15.2. The molecule has 1 aliphatic rings. The van der Waals surface area contributed by atoms with E-state index >= 15 is 0 Å². The zero-order valence-electron chi connectivity index (χ0n) is 10.9. The molecule has 1 heterocycles. The van der Waals surface area contributed by atoms with Gasteiger partial charge in [0.05, 0.1) is 6.54 Å². The second-order valence-corrected chi connectivity index (χ2v) is 4.64. The Labute approximate surface area is 114 Å². The van der Waals surface area contributed by atoms with Crippen LogP contribution in [0.15, 0.2) is 0 Å². The molecule has 2 N–H and O–H groups in total. The van der Waals surface area contributed by atoms with Gasteiger partial charge < -0.3 is 15.3 Å². The largest absolute Gasteiger partial charge is 0.480 e. The van der Waals surface area contributed by atoms with Gasteiger partial charge in [0.2, 0.25) is 5.91 Å². The molecule has 1 amide bonds. The van der Waals surface area contributed by atoms with Crippen LogP contribution in [0.5, 0.6) is 0 Å². The number of rotatable bonds is 5. The highest BCUT2D eigenvalue weighted by Crippen LogP contribution is 2.16. The summed E-state index contributed by atoms with van der Waals surface area (Å²) in [6.45, 7) is -0.0540. The summed E-state index contributed by atoms with van der Waals surface area (Å²) in [4.78, 5) is 24.5. The molecule has 0 saturated carbocycles. The number of halogens is 3. The molecule has 0 atom stereocenters. The van der Waals surface area contributed by atoms with E-state index in [1.165, 1.54) is 0 Å². The number of carbonyl (C=O) groups is 2. The average Bonchev–Trinajstić information content (AvgIpc) is 2.54. The minimum atomic E-state index is -4.61. The maximum absolute atomic E-state index is 12.3. The monoisotopic (exact) mass is 297 g/mol. The molecule has 6 nitrogen and oxygen atoms in total. The lowest BCUT2D eigenvalue weighted by Gasteiger charge is -2.26. The normalized spacial score (nSPS) is 17.6. The van der Waals surface area contributed by atoms with E-state index < -0.39 is 31.1 Å². The van der Waals surface area contributed by atoms with E-state index in [2.05, 4.69) is 5.32 Å². The topological polar surface area (TPSA) is 72.9 Å². The Kier molecular flexibility index (Phi) is 6.21. The summed E-state index contributed by atoms with van der Waals surface area (Å²) in [6.07, 6.45) is -3.81. The van der Waals surface area contributed by atoms with Crippen molar-refractivity contribution in [2.24, 2.45) is 0 Å². The van der Waals surface area contributed by atoms with E-state index in [1.807, 2.05) is 0 Å². The second kappa shape index (κ2) is 7.44. The number of amides is 1. The molecular formula is C11H18F3N3O3. The van der Waals surface area contributed by atoms with Crippen molar-refractivity contribution in [2.45, 2.75) is 12.6 Å². The minimum absolute atomic E-state index is 0.189. The quantitative estimate of drug-likeness (QED) is 0.732. The Morgan fingerprint density at radius 2 is 1.95 bits per heavy atom. The number of nitrogens with one attached hydrogen (secondary N) is 1. The lowest BCUT2D eigenvalue weighted by atomic mass is 10.3. The third kappa shape index (κ3) is 6.71. The van der Waals surface area contributed by atoms with Crippen LogP contribution in [0.25, 0.3) is 0 Å². The third-order valence-corrected chi connectivity index (χ3v) is 2.84. The van der Waals surface area contributed by atoms with Gasteiger partial charge in [-0.15, -0.1) is 0 Å². The molecule has 0 bridgehead atoms. The Balaban J connectivity index is 2.59. The lowest BCUT2D eigenvalue weighted by molar-refractivity contribution is -0.166. The molecule has 1 saturated heterocycles. The van der Waals surface area contributed by atoms with Crippen molar-refractivity contribution in [1.29, 1.82) is 0 Å². The number of alkyl halides is 3. The molecule has 0 aromatic carbocycles. The molecule has 116 valence electrons. The van der Waals surface area contributed by atoms with E-state index in [-0.39, 0.29) is 6.54 Å². The summed E-state index contributed by atoms with van der Waals surface area (Å²) in [5.41, 5.74) is 0. The van der Waals surface area contributed by atoms with Crippen LogP contribution in [0.1, 0.15) is 6.42 Å². The fourth-order valence-corrected chi connectivity index (χ4v) is 1.96. The van der Waals surface area contributed by atoms with Crippen LogP contribution in [-0.4, -0.2) is 78.8 Å². The maximum Gasteiger partial charge on any atom is 0.406 e. The number of carbonyl (C=O) groups excluding carboxylic acids is 1. The molecule has 0 aromatic heterocycles. The van der Waals surface area contributed by atoms with Crippen molar-refractivity contribution in [3.63, 3.8) is 0 Å². The van der Waals surface area contributed by atoms with Crippen molar-refractivity contribution in [1.82, 2.24) is 15.1 Å². The van der Waals surface area contributed by atoms with E-state index in [0.717, 1.165) is 13.0 Å². The minimum Gasteiger partial charge on any atom is -0.480 e. The van der Waals surface area contributed by atoms with Gasteiger partial charge in [0.15, 0.2) is 0 Å². The van der Waals surface area contributed by atoms with Gasteiger partial charge in [-0.1, -0.05) is 0 Å². The second-order valence-electron chi connectivity index (χ2n) is 4.64. The molecule has 1 aliphatic heterocycles. The summed E-state index contributed by atoms with van der Waals surface area (Å²) in [5.74, 6) is -2.27. The van der Waals surface area contributed by atoms with Crippen LogP contribution in [0.3, 0.4) is 0 Å². The van der Waals surface area contributed by atoms with Crippen LogP contribution in [-0.2, 0) is 9.59 Å². The van der Waals surface area contributed by atoms with Crippen LogP contribution in [0.2, 0.25) is 0 Å². The molecule has 0 unspecified atom stereocenters. The SMILES string of the molecule is O=C(O)CN(CC(F)(F)F)C(=O)CN1CCCNCC1. The summed E-state index contributed by atoms with van der Waals surface area (Å²) in [6, 6.07) is 0. The van der Waals surface area contributed by atoms with Crippen LogP contribution < -0.4 is 5.32 Å². The van der Waals surface area contributed by atoms with Gasteiger partial charge in [0.25, 0.3) is 0 Å². The highest BCUT2D eigenvalue weighted by Gasteiger charge is 2.34. The van der Waals surface area contributed by atoms with Crippen molar-refractivity contribution >= 4 is 11.9 Å². The van der Waals surface area contributed by atoms with Crippen LogP contribution in [0.4, 0.5) is 13.2 Å². The number of aliphatic carboxylic acids is 1. The predicted molar refractivity (Wildman–Crippen MR) is 64.2 cm³/mol. The van der Waals surface area contributed by atoms with Gasteiger partial charge in [-0.3, -0.25) is 14.5 Å². The number of hydrogen-bond acceptors (Lipinski definition) is 4. The molecule has 0 aliphatic carbocycles. The molecule has 0 aromatic rings. The van der Waals surface area contributed by atoms with Gasteiger partial charge in [-0.05, 0) is 19.5 Å². The first-order valence-electron chi connectivity index (χ1n) is 6.27. The van der Waals surface area contributed by atoms with Gasteiger partial charge in [-0.2, -0.15) is 13.2 Å². The first-order valence-corrected chi connectivity index (χ1v) is 6.27. The van der Waals surface area contributed by atoms with Crippen molar-refractivity contribution in [3.8, 4) is 0 Å². The zero-order valence-corrected chi connectivity index (χ0v) is 10.9. The number of carboxylic acids is 1. The molecule has 0 radical (unpaired) electrons. The fraction of sp³-hybridized carbons (Fsp3) is 0.818. The number of nitrogens with zero attached hydrogens (tertiary/aromatic N) is 2. The Hall–Kier alpha value is -1.35. The fourth-order valence-electron chi connectivity index (χ4n) is 1.96. The highest BCUT2D eigenvalue weighted by atomic mass is 19.4. The average molecular weight is 297 g/mol. The lowest BCUT2D eigenvalue weighted by Crippen LogP contribution is -2.47. The first-order chi connectivity index (χ1) is 9.28. The molecule has 9 heteroatoms. The molecule has 20 heavy (non-hydrogen) atoms. The highest BCUT2D eigenvalue weighted by molar-refractivity contribution is 5.82. The van der Waals surface area contributed by atoms with E-state index in [4.69, 9.17) is 5.11 Å². The molecular weight excluding hydrogens is 279 g/mol. The van der Waals surface area contributed by atoms with Gasteiger partial charge in [-0.25, -0.2) is 0 Å². The van der Waals surface area contributed by atoms with Crippen LogP contribution >= 0.6 is 0 Å². The Morgan fingerprint density at radius 1 is 1.25 bits per heavy atom. The van der Waals surface area contributed by atoms with E-state index in [1.54, 1.807) is 4.90 Å². The van der Waals surface area contributed by atoms with Gasteiger partial charge in [0, 0.05) is 13.1 Å². The first kappa shape index (κ1) is 16.7. The standard InChI is InChI=1S/C11H18F3N3O3/c12-11(13,14)8-17(7-10(19)20)9(18)6-16-4-1-2-15-3-5-16/h15H,1-8H2,(H,19,20). The smallest absolute Gasteiger partial charge is 0.406 e. The third-order valence-electron chi connectivity index (χ3n) is 2.84. The van der Waals surface area contributed by atoms with Gasteiger partial charge >= 0.3 is 12.1 Å².